The number of nitrogens with zero attached hydrogens (tertiary/aromatic N) is 1. The molecule has 6 nitrogen and oxygen atoms in total. The van der Waals surface area contributed by atoms with Gasteiger partial charge in [-0.25, -0.2) is 4.39 Å². The molecule has 1 aliphatic carbocycles. The van der Waals surface area contributed by atoms with E-state index in [1.54, 1.807) is 6.07 Å². The Morgan fingerprint density at radius 2 is 2.04 bits per heavy atom. The molecule has 1 saturated carbocycles. The van der Waals surface area contributed by atoms with E-state index in [2.05, 4.69) is 10.3 Å². The van der Waals surface area contributed by atoms with E-state index in [1.807, 2.05) is 6.92 Å². The number of rotatable bonds is 8. The number of nitrogen functional groups attached to an aromatic ring is 1. The number of amides is 1. The molecule has 1 aromatic carbocycles. The van der Waals surface area contributed by atoms with Gasteiger partial charge in [0.15, 0.2) is 0 Å². The first-order valence-electron chi connectivity index (χ1n) is 9.06. The zero-order valence-electron chi connectivity index (χ0n) is 15.4. The van der Waals surface area contributed by atoms with Crippen molar-refractivity contribution < 1.29 is 14.0 Å². The molecule has 1 heterocycles. The normalized spacial score (nSPS) is 15.8. The Labute approximate surface area is 167 Å². The van der Waals surface area contributed by atoms with Gasteiger partial charge < -0.3 is 16.8 Å². The first kappa shape index (κ1) is 20.2. The molecule has 2 atom stereocenters. The molecule has 3 rings (SSSR count). The quantitative estimate of drug-likeness (QED) is 0.585. The van der Waals surface area contributed by atoms with E-state index >= 15 is 4.39 Å². The highest BCUT2D eigenvalue weighted by Crippen LogP contribution is 2.43. The van der Waals surface area contributed by atoms with Gasteiger partial charge in [-0.3, -0.25) is 14.6 Å². The van der Waals surface area contributed by atoms with Crippen LogP contribution in [0.3, 0.4) is 0 Å². The van der Waals surface area contributed by atoms with E-state index in [0.29, 0.717) is 11.3 Å². The van der Waals surface area contributed by atoms with Gasteiger partial charge in [0.25, 0.3) is 0 Å². The Morgan fingerprint density at radius 1 is 1.32 bits per heavy atom. The molecule has 0 aliphatic heterocycles. The van der Waals surface area contributed by atoms with Crippen LogP contribution in [0.2, 0.25) is 5.02 Å². The van der Waals surface area contributed by atoms with Crippen molar-refractivity contribution in [1.82, 2.24) is 10.3 Å². The van der Waals surface area contributed by atoms with Gasteiger partial charge in [0, 0.05) is 24.1 Å². The van der Waals surface area contributed by atoms with Crippen molar-refractivity contribution in [3.63, 3.8) is 0 Å². The topological polar surface area (TPSA) is 111 Å². The summed E-state index contributed by atoms with van der Waals surface area (Å²) in [6, 6.07) is 5.49. The van der Waals surface area contributed by atoms with Crippen LogP contribution in [0.4, 0.5) is 10.1 Å². The van der Waals surface area contributed by atoms with Crippen LogP contribution in [0.1, 0.15) is 53.8 Å². The summed E-state index contributed by atoms with van der Waals surface area (Å²) in [5, 5.41) is 3.29. The summed E-state index contributed by atoms with van der Waals surface area (Å²) in [5.41, 5.74) is 11.4. The molecule has 0 saturated heterocycles. The number of carbonyl (C=O) groups is 2. The highest BCUT2D eigenvalue weighted by atomic mass is 35.5. The van der Waals surface area contributed by atoms with Crippen molar-refractivity contribution in [2.24, 2.45) is 11.7 Å². The molecule has 2 aromatic rings. The minimum absolute atomic E-state index is 0.0182. The predicted octanol–water partition coefficient (Wildman–Crippen LogP) is 2.99. The molecule has 0 radical (unpaired) electrons. The number of benzene rings is 1. The summed E-state index contributed by atoms with van der Waals surface area (Å²) < 4.78 is 15.4. The van der Waals surface area contributed by atoms with Crippen molar-refractivity contribution in [3.8, 4) is 0 Å². The van der Waals surface area contributed by atoms with E-state index < -0.39 is 17.5 Å². The van der Waals surface area contributed by atoms with E-state index in [9.17, 15) is 9.59 Å². The van der Waals surface area contributed by atoms with Gasteiger partial charge in [0.2, 0.25) is 11.7 Å². The Balaban J connectivity index is 1.95. The third-order valence-corrected chi connectivity index (χ3v) is 5.08. The van der Waals surface area contributed by atoms with Crippen LogP contribution in [0.25, 0.3) is 0 Å². The van der Waals surface area contributed by atoms with Crippen LogP contribution in [0.5, 0.6) is 0 Å². The second kappa shape index (κ2) is 8.24. The smallest absolute Gasteiger partial charge is 0.218 e. The van der Waals surface area contributed by atoms with Gasteiger partial charge in [-0.1, -0.05) is 17.7 Å². The highest BCUT2D eigenvalue weighted by Gasteiger charge is 2.36. The molecule has 0 spiro atoms. The molecule has 148 valence electrons. The molecule has 8 heteroatoms. The van der Waals surface area contributed by atoms with E-state index in [-0.39, 0.29) is 40.7 Å². The number of aromatic nitrogens is 1. The number of primary amides is 1. The average molecular weight is 405 g/mol. The molecule has 1 fully saturated rings. The fraction of sp³-hybridized carbons (Fsp3) is 0.350. The number of halogens is 2. The number of pyridine rings is 1. The van der Waals surface area contributed by atoms with Crippen molar-refractivity contribution in [2.45, 2.75) is 38.3 Å². The number of nitrogens with two attached hydrogens (primary N) is 2. The van der Waals surface area contributed by atoms with Gasteiger partial charge in [-0.05, 0) is 43.9 Å². The molecule has 1 unspecified atom stereocenters. The maximum Gasteiger partial charge on any atom is 0.218 e. The monoisotopic (exact) mass is 404 g/mol. The summed E-state index contributed by atoms with van der Waals surface area (Å²) in [6.07, 6.45) is 3.35. The van der Waals surface area contributed by atoms with E-state index in [0.717, 1.165) is 12.8 Å². The van der Waals surface area contributed by atoms with Crippen LogP contribution < -0.4 is 16.8 Å². The molecule has 1 aromatic heterocycles. The highest BCUT2D eigenvalue weighted by molar-refractivity contribution is 6.35. The lowest BCUT2D eigenvalue weighted by Crippen LogP contribution is -2.35. The fourth-order valence-corrected chi connectivity index (χ4v) is 3.49. The minimum atomic E-state index is -0.674. The average Bonchev–Trinajstić information content (AvgIpc) is 3.45. The number of ketones is 1. The van der Waals surface area contributed by atoms with Crippen molar-refractivity contribution in [2.75, 3.05) is 5.73 Å². The lowest BCUT2D eigenvalue weighted by molar-refractivity contribution is -0.118. The van der Waals surface area contributed by atoms with Crippen LogP contribution >= 0.6 is 11.6 Å². The first-order valence-corrected chi connectivity index (χ1v) is 9.44. The van der Waals surface area contributed by atoms with Crippen molar-refractivity contribution >= 4 is 29.0 Å². The van der Waals surface area contributed by atoms with Gasteiger partial charge in [-0.15, -0.1) is 0 Å². The van der Waals surface area contributed by atoms with Crippen molar-refractivity contribution in [1.29, 1.82) is 0 Å². The maximum atomic E-state index is 15.4. The van der Waals surface area contributed by atoms with E-state index in [4.69, 9.17) is 23.1 Å². The summed E-state index contributed by atoms with van der Waals surface area (Å²) >= 11 is 6.16. The first-order chi connectivity index (χ1) is 13.3. The zero-order valence-corrected chi connectivity index (χ0v) is 16.2. The summed E-state index contributed by atoms with van der Waals surface area (Å²) in [5.74, 6) is -1.49. The Bertz CT molecular complexity index is 900. The molecular weight excluding hydrogens is 383 g/mol. The van der Waals surface area contributed by atoms with Crippen molar-refractivity contribution in [3.05, 3.63) is 58.1 Å². The Morgan fingerprint density at radius 3 is 2.61 bits per heavy atom. The van der Waals surface area contributed by atoms with Crippen LogP contribution in [0, 0.1) is 11.7 Å². The van der Waals surface area contributed by atoms with E-state index in [1.165, 1.54) is 24.4 Å². The molecule has 1 amide bonds. The SMILES string of the molecule is C[C@@H](CC(N)=O)NC(c1ccc(Cl)c(C(=O)c2ccc(N)cn2)c1F)C1CC1. The molecule has 28 heavy (non-hydrogen) atoms. The molecule has 1 aliphatic rings. The lowest BCUT2D eigenvalue weighted by Gasteiger charge is -2.24. The third-order valence-electron chi connectivity index (χ3n) is 4.77. The number of hydrogen-bond acceptors (Lipinski definition) is 5. The third kappa shape index (κ3) is 4.48. The molecular formula is C20H22ClFN4O2. The lowest BCUT2D eigenvalue weighted by atomic mass is 9.95. The zero-order chi connectivity index (χ0) is 20.4. The Hall–Kier alpha value is -2.51. The van der Waals surface area contributed by atoms with Crippen LogP contribution in [-0.4, -0.2) is 22.7 Å². The van der Waals surface area contributed by atoms with Gasteiger partial charge >= 0.3 is 0 Å². The molecule has 0 bridgehead atoms. The van der Waals surface area contributed by atoms with Gasteiger partial charge in [0.05, 0.1) is 22.5 Å². The van der Waals surface area contributed by atoms with Gasteiger partial charge in [-0.2, -0.15) is 0 Å². The molecule has 5 N–H and O–H groups in total. The minimum Gasteiger partial charge on any atom is -0.397 e. The number of anilines is 1. The van der Waals surface area contributed by atoms with Gasteiger partial charge in [0.1, 0.15) is 11.5 Å². The summed E-state index contributed by atoms with van der Waals surface area (Å²) in [6.45, 7) is 1.82. The second-order valence-electron chi connectivity index (χ2n) is 7.18. The summed E-state index contributed by atoms with van der Waals surface area (Å²) in [7, 11) is 0. The van der Waals surface area contributed by atoms with Crippen LogP contribution in [0.15, 0.2) is 30.5 Å². The maximum absolute atomic E-state index is 15.4. The second-order valence-corrected chi connectivity index (χ2v) is 7.59. The largest absolute Gasteiger partial charge is 0.397 e. The summed E-state index contributed by atoms with van der Waals surface area (Å²) in [4.78, 5) is 28.0. The Kier molecular flexibility index (Phi) is 5.96. The number of carbonyl (C=O) groups excluding carboxylic acids is 2. The number of nitrogens with one attached hydrogen (secondary N) is 1. The predicted molar refractivity (Wildman–Crippen MR) is 105 cm³/mol. The standard InChI is InChI=1S/C20H22ClFN4O2/c1-10(8-16(24)27)26-19(11-2-3-11)13-5-6-14(21)17(18(13)22)20(28)15-7-4-12(23)9-25-15/h4-7,9-11,19,26H,2-3,8,23H2,1H3,(H2,24,27)/t10-,19?/m0/s1. The van der Waals surface area contributed by atoms with Crippen LogP contribution in [-0.2, 0) is 4.79 Å². The fourth-order valence-electron chi connectivity index (χ4n) is 3.26. The number of hydrogen-bond donors (Lipinski definition) is 3.